The van der Waals surface area contributed by atoms with Crippen LogP contribution in [0.4, 0.5) is 0 Å². The van der Waals surface area contributed by atoms with E-state index in [2.05, 4.69) is 33.9 Å². The molecule has 1 N–H and O–H groups in total. The molecule has 4 unspecified atom stereocenters. The minimum absolute atomic E-state index is 0. The second-order valence-electron chi connectivity index (χ2n) is 9.10. The van der Waals surface area contributed by atoms with Crippen LogP contribution in [-0.4, -0.2) is 84.4 Å². The maximum absolute atomic E-state index is 12.7. The SMILES string of the molecule is CCC(C)C(=O)NC1CC2CN(C(=O)CCN3CCN(C(C)C)CC3)CC21.[HH].[HH].[HH]. The minimum Gasteiger partial charge on any atom is -0.353 e. The van der Waals surface area contributed by atoms with Crippen LogP contribution in [0.15, 0.2) is 0 Å². The molecule has 1 saturated carbocycles. The first-order valence-electron chi connectivity index (χ1n) is 10.9. The Morgan fingerprint density at radius 3 is 2.44 bits per heavy atom. The lowest BCUT2D eigenvalue weighted by atomic mass is 9.71. The van der Waals surface area contributed by atoms with Gasteiger partial charge in [-0.25, -0.2) is 0 Å². The van der Waals surface area contributed by atoms with Crippen molar-refractivity contribution in [2.24, 2.45) is 17.8 Å². The van der Waals surface area contributed by atoms with Gasteiger partial charge in [0.1, 0.15) is 0 Å². The quantitative estimate of drug-likeness (QED) is 0.731. The summed E-state index contributed by atoms with van der Waals surface area (Å²) < 4.78 is 0. The van der Waals surface area contributed by atoms with Crippen LogP contribution in [-0.2, 0) is 9.59 Å². The number of rotatable bonds is 7. The topological polar surface area (TPSA) is 55.9 Å². The lowest BCUT2D eigenvalue weighted by Gasteiger charge is -2.40. The summed E-state index contributed by atoms with van der Waals surface area (Å²) in [6, 6.07) is 0.890. The molecular formula is C21H44N4O2. The van der Waals surface area contributed by atoms with E-state index in [0.29, 0.717) is 30.2 Å². The Bertz CT molecular complexity index is 544. The predicted octanol–water partition coefficient (Wildman–Crippen LogP) is 2.15. The molecule has 4 atom stereocenters. The van der Waals surface area contributed by atoms with E-state index < -0.39 is 0 Å². The van der Waals surface area contributed by atoms with Crippen LogP contribution in [0.1, 0.15) is 51.2 Å². The summed E-state index contributed by atoms with van der Waals surface area (Å²) in [6.45, 7) is 15.5. The summed E-state index contributed by atoms with van der Waals surface area (Å²) in [5.41, 5.74) is 0. The highest BCUT2D eigenvalue weighted by atomic mass is 16.2. The molecule has 2 heterocycles. The Kier molecular flexibility index (Phi) is 6.79. The van der Waals surface area contributed by atoms with Crippen LogP contribution in [0.3, 0.4) is 0 Å². The number of amides is 2. The number of fused-ring (bicyclic) bond motifs is 1. The van der Waals surface area contributed by atoms with Crippen LogP contribution >= 0.6 is 0 Å². The summed E-state index contributed by atoms with van der Waals surface area (Å²) in [4.78, 5) is 31.8. The number of carbonyl (C=O) groups excluding carboxylic acids is 2. The fraction of sp³-hybridized carbons (Fsp3) is 0.905. The molecule has 0 bridgehead atoms. The van der Waals surface area contributed by atoms with Gasteiger partial charge in [0.2, 0.25) is 11.8 Å². The molecule has 0 radical (unpaired) electrons. The molecule has 160 valence electrons. The zero-order chi connectivity index (χ0) is 19.6. The van der Waals surface area contributed by atoms with Gasteiger partial charge in [-0.1, -0.05) is 13.8 Å². The fourth-order valence-electron chi connectivity index (χ4n) is 4.70. The molecule has 3 fully saturated rings. The van der Waals surface area contributed by atoms with E-state index in [1.54, 1.807) is 0 Å². The summed E-state index contributed by atoms with van der Waals surface area (Å²) in [5, 5.41) is 3.21. The number of hydrogen-bond donors (Lipinski definition) is 1. The number of nitrogens with one attached hydrogen (secondary N) is 1. The van der Waals surface area contributed by atoms with Gasteiger partial charge in [0.25, 0.3) is 0 Å². The molecule has 0 aromatic carbocycles. The van der Waals surface area contributed by atoms with Crippen molar-refractivity contribution >= 4 is 11.8 Å². The van der Waals surface area contributed by atoms with Crippen LogP contribution in [0, 0.1) is 17.8 Å². The molecule has 6 heteroatoms. The van der Waals surface area contributed by atoms with Crippen molar-refractivity contribution in [2.45, 2.75) is 59.0 Å². The zero-order valence-electron chi connectivity index (χ0n) is 17.6. The third-order valence-electron chi connectivity index (χ3n) is 7.08. The molecule has 2 saturated heterocycles. The molecule has 1 aliphatic carbocycles. The summed E-state index contributed by atoms with van der Waals surface area (Å²) in [7, 11) is 0. The maximum atomic E-state index is 12.7. The third-order valence-corrected chi connectivity index (χ3v) is 7.08. The van der Waals surface area contributed by atoms with Gasteiger partial charge in [-0.2, -0.15) is 0 Å². The molecule has 0 aromatic rings. The van der Waals surface area contributed by atoms with Crippen molar-refractivity contribution in [1.29, 1.82) is 0 Å². The van der Waals surface area contributed by atoms with E-state index >= 15 is 0 Å². The number of hydrogen-bond acceptors (Lipinski definition) is 4. The Labute approximate surface area is 169 Å². The smallest absolute Gasteiger partial charge is 0.223 e. The average Bonchev–Trinajstić information content (AvgIpc) is 3.00. The zero-order valence-corrected chi connectivity index (χ0v) is 17.6. The Morgan fingerprint density at radius 1 is 1.11 bits per heavy atom. The number of piperazine rings is 1. The number of nitrogens with zero attached hydrogens (tertiary/aromatic N) is 3. The molecule has 0 spiro atoms. The first-order chi connectivity index (χ1) is 12.9. The highest BCUT2D eigenvalue weighted by Crippen LogP contribution is 2.41. The van der Waals surface area contributed by atoms with Gasteiger partial charge in [0.05, 0.1) is 0 Å². The van der Waals surface area contributed by atoms with Gasteiger partial charge in [0.15, 0.2) is 0 Å². The Balaban J connectivity index is 0.00000280. The van der Waals surface area contributed by atoms with Gasteiger partial charge in [-0.05, 0) is 32.6 Å². The minimum atomic E-state index is 0. The summed E-state index contributed by atoms with van der Waals surface area (Å²) >= 11 is 0. The van der Waals surface area contributed by atoms with Crippen molar-refractivity contribution in [2.75, 3.05) is 45.8 Å². The van der Waals surface area contributed by atoms with Crippen molar-refractivity contribution in [3.05, 3.63) is 0 Å². The van der Waals surface area contributed by atoms with Crippen molar-refractivity contribution < 1.29 is 13.9 Å². The van der Waals surface area contributed by atoms with Crippen molar-refractivity contribution in [1.82, 2.24) is 20.0 Å². The monoisotopic (exact) mass is 384 g/mol. The van der Waals surface area contributed by atoms with E-state index in [0.717, 1.165) is 58.7 Å². The fourth-order valence-corrected chi connectivity index (χ4v) is 4.70. The number of likely N-dealkylation sites (tertiary alicyclic amines) is 1. The van der Waals surface area contributed by atoms with Crippen LogP contribution in [0.5, 0.6) is 0 Å². The second kappa shape index (κ2) is 8.91. The third kappa shape index (κ3) is 4.83. The molecule has 27 heavy (non-hydrogen) atoms. The van der Waals surface area contributed by atoms with Gasteiger partial charge in [-0.3, -0.25) is 14.5 Å². The normalized spacial score (nSPS) is 30.1. The molecule has 2 amide bonds. The highest BCUT2D eigenvalue weighted by molar-refractivity contribution is 5.79. The second-order valence-corrected chi connectivity index (χ2v) is 9.10. The van der Waals surface area contributed by atoms with E-state index in [-0.39, 0.29) is 22.1 Å². The molecule has 3 aliphatic rings. The Morgan fingerprint density at radius 2 is 1.81 bits per heavy atom. The first kappa shape index (κ1) is 20.6. The van der Waals surface area contributed by atoms with Crippen LogP contribution in [0.25, 0.3) is 0 Å². The molecule has 2 aliphatic heterocycles. The summed E-state index contributed by atoms with van der Waals surface area (Å²) in [6.07, 6.45) is 2.54. The van der Waals surface area contributed by atoms with Crippen LogP contribution < -0.4 is 5.32 Å². The summed E-state index contributed by atoms with van der Waals surface area (Å²) in [5.74, 6) is 1.61. The first-order valence-corrected chi connectivity index (χ1v) is 10.9. The van der Waals surface area contributed by atoms with Gasteiger partial charge in [-0.15, -0.1) is 0 Å². The van der Waals surface area contributed by atoms with E-state index in [1.165, 1.54) is 0 Å². The lowest BCUT2D eigenvalue weighted by Crippen LogP contribution is -2.53. The Hall–Kier alpha value is -1.14. The van der Waals surface area contributed by atoms with Gasteiger partial charge in [0, 0.05) is 80.4 Å². The molecular weight excluding hydrogens is 340 g/mol. The molecule has 6 nitrogen and oxygen atoms in total. The van der Waals surface area contributed by atoms with E-state index in [9.17, 15) is 9.59 Å². The van der Waals surface area contributed by atoms with E-state index in [1.807, 2.05) is 13.8 Å². The van der Waals surface area contributed by atoms with Crippen molar-refractivity contribution in [3.8, 4) is 0 Å². The number of carbonyl (C=O) groups is 2. The standard InChI is InChI=1S/C21H38N4O2.3H2/c1-5-16(4)21(27)22-19-12-17-13-25(14-18(17)19)20(26)6-7-23-8-10-24(11-9-23)15(2)3;;;/h15-19H,5-14H2,1-4H3,(H,22,27);3*1H. The molecule has 0 aromatic heterocycles. The van der Waals surface area contributed by atoms with Gasteiger partial charge >= 0.3 is 0 Å². The van der Waals surface area contributed by atoms with E-state index in [4.69, 9.17) is 0 Å². The maximum Gasteiger partial charge on any atom is 0.223 e. The largest absolute Gasteiger partial charge is 0.353 e. The average molecular weight is 385 g/mol. The molecule has 3 rings (SSSR count). The lowest BCUT2D eigenvalue weighted by molar-refractivity contribution is -0.130. The highest BCUT2D eigenvalue weighted by Gasteiger charge is 2.48. The van der Waals surface area contributed by atoms with Crippen molar-refractivity contribution in [3.63, 3.8) is 0 Å². The van der Waals surface area contributed by atoms with Gasteiger partial charge < -0.3 is 15.1 Å². The van der Waals surface area contributed by atoms with Crippen LogP contribution in [0.2, 0.25) is 0 Å². The predicted molar refractivity (Wildman–Crippen MR) is 114 cm³/mol.